The quantitative estimate of drug-likeness (QED) is 0.167. The van der Waals surface area contributed by atoms with Crippen LogP contribution in [-0.4, -0.2) is 17.6 Å². The molecule has 2 rings (SSSR count). The normalized spacial score (nSPS) is 11.8. The van der Waals surface area contributed by atoms with Crippen LogP contribution in [0, 0.1) is 5.92 Å². The van der Waals surface area contributed by atoms with Crippen LogP contribution in [0.4, 0.5) is 0 Å². The van der Waals surface area contributed by atoms with Crippen molar-refractivity contribution < 1.29 is 14.3 Å². The molecule has 0 spiro atoms. The van der Waals surface area contributed by atoms with Crippen LogP contribution in [0.5, 0.6) is 11.5 Å². The van der Waals surface area contributed by atoms with E-state index in [0.717, 1.165) is 48.8 Å². The second kappa shape index (κ2) is 14.6. The van der Waals surface area contributed by atoms with Gasteiger partial charge >= 0.3 is 5.97 Å². The van der Waals surface area contributed by atoms with Crippen molar-refractivity contribution in [3.05, 3.63) is 42.6 Å². The summed E-state index contributed by atoms with van der Waals surface area (Å²) in [5.41, 5.74) is 1.86. The van der Waals surface area contributed by atoms with Gasteiger partial charge in [0, 0.05) is 12.0 Å². The van der Waals surface area contributed by atoms with Crippen molar-refractivity contribution in [1.29, 1.82) is 0 Å². The van der Waals surface area contributed by atoms with E-state index >= 15 is 0 Å². The number of hydrogen-bond acceptors (Lipinski definition) is 4. The zero-order chi connectivity index (χ0) is 22.3. The smallest absolute Gasteiger partial charge is 0.311 e. The molecule has 1 atom stereocenters. The number of benzene rings is 1. The Morgan fingerprint density at radius 3 is 2.32 bits per heavy atom. The van der Waals surface area contributed by atoms with Gasteiger partial charge in [0.1, 0.15) is 11.5 Å². The van der Waals surface area contributed by atoms with Gasteiger partial charge < -0.3 is 9.47 Å². The summed E-state index contributed by atoms with van der Waals surface area (Å²) in [5, 5.41) is 0. The van der Waals surface area contributed by atoms with E-state index in [1.807, 2.05) is 36.4 Å². The number of aromatic nitrogens is 1. The van der Waals surface area contributed by atoms with Crippen molar-refractivity contribution in [2.75, 3.05) is 6.61 Å². The lowest BCUT2D eigenvalue weighted by atomic mass is 10.0. The number of carbonyl (C=O) groups excluding carboxylic acids is 1. The average molecular weight is 426 g/mol. The molecule has 1 aromatic carbocycles. The van der Waals surface area contributed by atoms with Crippen LogP contribution in [0.3, 0.4) is 0 Å². The van der Waals surface area contributed by atoms with Crippen LogP contribution < -0.4 is 9.47 Å². The Bertz CT molecular complexity index is 740. The van der Waals surface area contributed by atoms with Gasteiger partial charge in [-0.25, -0.2) is 0 Å². The van der Waals surface area contributed by atoms with Crippen molar-refractivity contribution in [3.8, 4) is 22.8 Å². The highest BCUT2D eigenvalue weighted by Gasteiger charge is 2.07. The summed E-state index contributed by atoms with van der Waals surface area (Å²) in [5.74, 6) is 1.95. The molecular weight excluding hydrogens is 386 g/mol. The number of ether oxygens (including phenoxy) is 2. The molecule has 0 bridgehead atoms. The summed E-state index contributed by atoms with van der Waals surface area (Å²) < 4.78 is 11.2. The molecule has 31 heavy (non-hydrogen) atoms. The van der Waals surface area contributed by atoms with Crippen molar-refractivity contribution in [1.82, 2.24) is 4.98 Å². The molecule has 1 aromatic heterocycles. The number of nitrogens with zero attached hydrogens (tertiary/aromatic N) is 1. The Hall–Kier alpha value is -2.36. The van der Waals surface area contributed by atoms with Crippen LogP contribution in [0.1, 0.15) is 85.0 Å². The van der Waals surface area contributed by atoms with Crippen LogP contribution in [0.25, 0.3) is 11.3 Å². The van der Waals surface area contributed by atoms with Gasteiger partial charge in [-0.1, -0.05) is 65.7 Å². The number of pyridine rings is 1. The number of unbranched alkanes of at least 4 members (excludes halogenated alkanes) is 5. The number of esters is 1. The predicted octanol–water partition coefficient (Wildman–Crippen LogP) is 7.61. The maximum atomic E-state index is 12.0. The van der Waals surface area contributed by atoms with Gasteiger partial charge in [0.2, 0.25) is 0 Å². The SMILES string of the molecule is CCCCCCCOc1ccc(-c2ccc(OC(=O)CCCCC(C)CC)cc2)nc1. The minimum Gasteiger partial charge on any atom is -0.492 e. The third kappa shape index (κ3) is 9.99. The van der Waals surface area contributed by atoms with Crippen LogP contribution >= 0.6 is 0 Å². The summed E-state index contributed by atoms with van der Waals surface area (Å²) in [6, 6.07) is 11.4. The summed E-state index contributed by atoms with van der Waals surface area (Å²) in [7, 11) is 0. The first-order valence-corrected chi connectivity index (χ1v) is 12.0. The van der Waals surface area contributed by atoms with Crippen molar-refractivity contribution in [2.24, 2.45) is 5.92 Å². The molecule has 0 radical (unpaired) electrons. The van der Waals surface area contributed by atoms with Crippen molar-refractivity contribution in [3.63, 3.8) is 0 Å². The minimum atomic E-state index is -0.161. The molecule has 0 fully saturated rings. The summed E-state index contributed by atoms with van der Waals surface area (Å²) in [6.07, 6.45) is 12.7. The molecule has 1 heterocycles. The van der Waals surface area contributed by atoms with E-state index < -0.39 is 0 Å². The Balaban J connectivity index is 1.73. The molecule has 0 amide bonds. The first-order valence-electron chi connectivity index (χ1n) is 12.0. The number of rotatable bonds is 15. The Labute approximate surface area is 188 Å². The monoisotopic (exact) mass is 425 g/mol. The Kier molecular flexibility index (Phi) is 11.7. The average Bonchev–Trinajstić information content (AvgIpc) is 2.80. The van der Waals surface area contributed by atoms with Gasteiger partial charge in [0.15, 0.2) is 0 Å². The van der Waals surface area contributed by atoms with Gasteiger partial charge in [0.25, 0.3) is 0 Å². The van der Waals surface area contributed by atoms with E-state index in [2.05, 4.69) is 25.8 Å². The van der Waals surface area contributed by atoms with Crippen LogP contribution in [-0.2, 0) is 4.79 Å². The third-order valence-corrected chi connectivity index (χ3v) is 5.66. The lowest BCUT2D eigenvalue weighted by Gasteiger charge is -2.09. The molecule has 0 aliphatic heterocycles. The van der Waals surface area contributed by atoms with Gasteiger partial charge in [-0.3, -0.25) is 9.78 Å². The molecule has 0 aliphatic carbocycles. The Morgan fingerprint density at radius 1 is 0.903 bits per heavy atom. The third-order valence-electron chi connectivity index (χ3n) is 5.66. The van der Waals surface area contributed by atoms with Crippen molar-refractivity contribution >= 4 is 5.97 Å². The second-order valence-electron chi connectivity index (χ2n) is 8.40. The molecule has 4 nitrogen and oxygen atoms in total. The zero-order valence-electron chi connectivity index (χ0n) is 19.6. The second-order valence-corrected chi connectivity index (χ2v) is 8.40. The zero-order valence-corrected chi connectivity index (χ0v) is 19.6. The first kappa shape index (κ1) is 24.9. The lowest BCUT2D eigenvalue weighted by Crippen LogP contribution is -2.07. The van der Waals surface area contributed by atoms with Crippen molar-refractivity contribution in [2.45, 2.75) is 85.0 Å². The fraction of sp³-hybridized carbons (Fsp3) is 0.556. The topological polar surface area (TPSA) is 48.4 Å². The molecule has 170 valence electrons. The molecular formula is C27H39NO3. The van der Waals surface area contributed by atoms with Crippen LogP contribution in [0.15, 0.2) is 42.6 Å². The summed E-state index contributed by atoms with van der Waals surface area (Å²) >= 11 is 0. The fourth-order valence-corrected chi connectivity index (χ4v) is 3.37. The highest BCUT2D eigenvalue weighted by Crippen LogP contribution is 2.23. The minimum absolute atomic E-state index is 0.161. The molecule has 0 saturated heterocycles. The number of hydrogen-bond donors (Lipinski definition) is 0. The maximum absolute atomic E-state index is 12.0. The highest BCUT2D eigenvalue weighted by molar-refractivity contribution is 5.72. The predicted molar refractivity (Wildman–Crippen MR) is 127 cm³/mol. The summed E-state index contributed by atoms with van der Waals surface area (Å²) in [4.78, 5) is 16.5. The molecule has 4 heteroatoms. The fourth-order valence-electron chi connectivity index (χ4n) is 3.37. The molecule has 2 aromatic rings. The van der Waals surface area contributed by atoms with E-state index in [9.17, 15) is 4.79 Å². The van der Waals surface area contributed by atoms with E-state index in [-0.39, 0.29) is 5.97 Å². The molecule has 0 N–H and O–H groups in total. The Morgan fingerprint density at radius 2 is 1.65 bits per heavy atom. The highest BCUT2D eigenvalue weighted by atomic mass is 16.5. The number of carbonyl (C=O) groups is 1. The van der Waals surface area contributed by atoms with Gasteiger partial charge in [-0.2, -0.15) is 0 Å². The van der Waals surface area contributed by atoms with E-state index in [1.54, 1.807) is 6.20 Å². The van der Waals surface area contributed by atoms with E-state index in [0.29, 0.717) is 12.2 Å². The molecule has 0 saturated carbocycles. The molecule has 1 unspecified atom stereocenters. The standard InChI is InChI=1S/C27H39NO3/c1-4-6-7-8-11-20-30-25-18-19-26(28-21-25)23-14-16-24(17-15-23)31-27(29)13-10-9-12-22(3)5-2/h14-19,21-22H,4-13,20H2,1-3H3. The van der Waals surface area contributed by atoms with Crippen LogP contribution in [0.2, 0.25) is 0 Å². The van der Waals surface area contributed by atoms with Gasteiger partial charge in [-0.05, 0) is 55.2 Å². The maximum Gasteiger partial charge on any atom is 0.311 e. The first-order chi connectivity index (χ1) is 15.1. The van der Waals surface area contributed by atoms with E-state index in [1.165, 1.54) is 38.5 Å². The van der Waals surface area contributed by atoms with Gasteiger partial charge in [0.05, 0.1) is 18.5 Å². The summed E-state index contributed by atoms with van der Waals surface area (Å²) in [6.45, 7) is 7.42. The van der Waals surface area contributed by atoms with Gasteiger partial charge in [-0.15, -0.1) is 0 Å². The van der Waals surface area contributed by atoms with E-state index in [4.69, 9.17) is 9.47 Å². The largest absolute Gasteiger partial charge is 0.492 e. The molecule has 0 aliphatic rings. The lowest BCUT2D eigenvalue weighted by molar-refractivity contribution is -0.134.